The van der Waals surface area contributed by atoms with Crippen molar-refractivity contribution in [2.75, 3.05) is 6.54 Å². The molecule has 0 aliphatic carbocycles. The zero-order chi connectivity index (χ0) is 12.7. The van der Waals surface area contributed by atoms with Crippen LogP contribution in [0, 0.1) is 0 Å². The molecule has 0 saturated carbocycles. The smallest absolute Gasteiger partial charge is 0.122 e. The molecule has 0 amide bonds. The van der Waals surface area contributed by atoms with Crippen LogP contribution in [0.5, 0.6) is 5.75 Å². The van der Waals surface area contributed by atoms with E-state index in [1.165, 1.54) is 5.56 Å². The molecule has 2 heteroatoms. The predicted molar refractivity (Wildman–Crippen MR) is 73.7 cm³/mol. The molecule has 1 aromatic rings. The second-order valence-electron chi connectivity index (χ2n) is 4.61. The highest BCUT2D eigenvalue weighted by atomic mass is 16.5. The third kappa shape index (κ3) is 4.78. The Morgan fingerprint density at radius 2 is 1.88 bits per heavy atom. The molecule has 96 valence electrons. The van der Waals surface area contributed by atoms with E-state index in [4.69, 9.17) is 4.74 Å². The van der Waals surface area contributed by atoms with Crippen molar-refractivity contribution in [2.45, 2.75) is 52.7 Å². The fourth-order valence-corrected chi connectivity index (χ4v) is 1.68. The second-order valence-corrected chi connectivity index (χ2v) is 4.61. The first kappa shape index (κ1) is 14.0. The number of nitrogens with one attached hydrogen (secondary N) is 1. The Labute approximate surface area is 105 Å². The molecule has 0 bridgehead atoms. The Morgan fingerprint density at radius 1 is 1.18 bits per heavy atom. The molecule has 2 nitrogen and oxygen atoms in total. The van der Waals surface area contributed by atoms with Crippen molar-refractivity contribution in [3.05, 3.63) is 29.8 Å². The van der Waals surface area contributed by atoms with Gasteiger partial charge in [-0.05, 0) is 38.3 Å². The zero-order valence-electron chi connectivity index (χ0n) is 11.5. The highest BCUT2D eigenvalue weighted by Crippen LogP contribution is 2.19. The minimum Gasteiger partial charge on any atom is -0.489 e. The molecule has 1 N–H and O–H groups in total. The Bertz CT molecular complexity index is 324. The molecule has 0 spiro atoms. The molecule has 1 aromatic carbocycles. The van der Waals surface area contributed by atoms with Gasteiger partial charge >= 0.3 is 0 Å². The van der Waals surface area contributed by atoms with Crippen molar-refractivity contribution < 1.29 is 4.74 Å². The largest absolute Gasteiger partial charge is 0.489 e. The van der Waals surface area contributed by atoms with Crippen molar-refractivity contribution in [1.82, 2.24) is 5.32 Å². The summed E-state index contributed by atoms with van der Waals surface area (Å²) >= 11 is 0. The van der Waals surface area contributed by atoms with E-state index in [0.717, 1.165) is 25.1 Å². The highest BCUT2D eigenvalue weighted by Gasteiger charge is 2.08. The van der Waals surface area contributed by atoms with Crippen LogP contribution in [-0.2, 0) is 6.42 Å². The van der Waals surface area contributed by atoms with E-state index < -0.39 is 0 Å². The number of hydrogen-bond donors (Lipinski definition) is 1. The monoisotopic (exact) mass is 235 g/mol. The molecule has 0 radical (unpaired) electrons. The van der Waals surface area contributed by atoms with Gasteiger partial charge in [-0.2, -0.15) is 0 Å². The van der Waals surface area contributed by atoms with Gasteiger partial charge < -0.3 is 10.1 Å². The molecule has 2 unspecified atom stereocenters. The first-order chi connectivity index (χ1) is 8.17. The van der Waals surface area contributed by atoms with Gasteiger partial charge in [-0.3, -0.25) is 0 Å². The first-order valence-corrected chi connectivity index (χ1v) is 6.65. The molecule has 0 aliphatic heterocycles. The maximum Gasteiger partial charge on any atom is 0.122 e. The van der Waals surface area contributed by atoms with Gasteiger partial charge in [-0.1, -0.05) is 32.0 Å². The van der Waals surface area contributed by atoms with Crippen LogP contribution in [0.4, 0.5) is 0 Å². The zero-order valence-corrected chi connectivity index (χ0v) is 11.5. The maximum atomic E-state index is 5.97. The lowest BCUT2D eigenvalue weighted by Crippen LogP contribution is -2.34. The number of hydrogen-bond acceptors (Lipinski definition) is 2. The number of aryl methyl sites for hydroxylation is 1. The van der Waals surface area contributed by atoms with E-state index in [-0.39, 0.29) is 6.10 Å². The summed E-state index contributed by atoms with van der Waals surface area (Å²) < 4.78 is 5.97. The molecule has 0 fully saturated rings. The van der Waals surface area contributed by atoms with Gasteiger partial charge in [0.05, 0.1) is 0 Å². The minimum absolute atomic E-state index is 0.205. The van der Waals surface area contributed by atoms with E-state index in [0.29, 0.717) is 6.04 Å². The van der Waals surface area contributed by atoms with Crippen molar-refractivity contribution in [1.29, 1.82) is 0 Å². The summed E-state index contributed by atoms with van der Waals surface area (Å²) in [5.74, 6) is 1.02. The minimum atomic E-state index is 0.205. The summed E-state index contributed by atoms with van der Waals surface area (Å²) in [6.07, 6.45) is 2.37. The van der Waals surface area contributed by atoms with Gasteiger partial charge in [0.2, 0.25) is 0 Å². The molecule has 0 aromatic heterocycles. The Morgan fingerprint density at radius 3 is 2.53 bits per heavy atom. The van der Waals surface area contributed by atoms with E-state index in [1.54, 1.807) is 0 Å². The maximum absolute atomic E-state index is 5.97. The molecule has 0 heterocycles. The molecule has 0 aliphatic rings. The van der Waals surface area contributed by atoms with E-state index >= 15 is 0 Å². The van der Waals surface area contributed by atoms with Crippen molar-refractivity contribution >= 4 is 0 Å². The van der Waals surface area contributed by atoms with Gasteiger partial charge in [0, 0.05) is 12.6 Å². The van der Waals surface area contributed by atoms with Crippen LogP contribution in [0.2, 0.25) is 0 Å². The molecular formula is C15H25NO. The SMILES string of the molecule is CCc1ccccc1OC(C)CNC(C)CC. The molecule has 2 atom stereocenters. The number of ether oxygens (including phenoxy) is 1. The summed E-state index contributed by atoms with van der Waals surface area (Å²) in [4.78, 5) is 0. The topological polar surface area (TPSA) is 21.3 Å². The molecule has 17 heavy (non-hydrogen) atoms. The van der Waals surface area contributed by atoms with Crippen LogP contribution in [0.3, 0.4) is 0 Å². The normalized spacial score (nSPS) is 14.4. The highest BCUT2D eigenvalue weighted by molar-refractivity contribution is 5.33. The average Bonchev–Trinajstić information content (AvgIpc) is 2.36. The van der Waals surface area contributed by atoms with Gasteiger partial charge in [-0.15, -0.1) is 0 Å². The van der Waals surface area contributed by atoms with Crippen LogP contribution in [0.25, 0.3) is 0 Å². The Balaban J connectivity index is 2.47. The summed E-state index contributed by atoms with van der Waals surface area (Å²) in [6, 6.07) is 8.84. The van der Waals surface area contributed by atoms with Crippen molar-refractivity contribution in [2.24, 2.45) is 0 Å². The average molecular weight is 235 g/mol. The standard InChI is InChI=1S/C15H25NO/c1-5-12(3)16-11-13(4)17-15-10-8-7-9-14(15)6-2/h7-10,12-13,16H,5-6,11H2,1-4H3. The van der Waals surface area contributed by atoms with Crippen LogP contribution < -0.4 is 10.1 Å². The van der Waals surface area contributed by atoms with Gasteiger partial charge in [0.1, 0.15) is 11.9 Å². The molecular weight excluding hydrogens is 210 g/mol. The van der Waals surface area contributed by atoms with Gasteiger partial charge in [0.15, 0.2) is 0 Å². The molecule has 1 rings (SSSR count). The van der Waals surface area contributed by atoms with Crippen LogP contribution in [0.1, 0.15) is 39.7 Å². The fraction of sp³-hybridized carbons (Fsp3) is 0.600. The lowest BCUT2D eigenvalue weighted by atomic mass is 10.1. The summed E-state index contributed by atoms with van der Waals surface area (Å²) in [5.41, 5.74) is 1.28. The van der Waals surface area contributed by atoms with E-state index in [9.17, 15) is 0 Å². The Hall–Kier alpha value is -1.02. The third-order valence-electron chi connectivity index (χ3n) is 3.05. The van der Waals surface area contributed by atoms with E-state index in [2.05, 4.69) is 51.2 Å². The van der Waals surface area contributed by atoms with Crippen molar-refractivity contribution in [3.63, 3.8) is 0 Å². The van der Waals surface area contributed by atoms with Crippen LogP contribution in [-0.4, -0.2) is 18.7 Å². The quantitative estimate of drug-likeness (QED) is 0.782. The summed E-state index contributed by atoms with van der Waals surface area (Å²) in [7, 11) is 0. The number of benzene rings is 1. The number of para-hydroxylation sites is 1. The first-order valence-electron chi connectivity index (χ1n) is 6.65. The van der Waals surface area contributed by atoms with E-state index in [1.807, 2.05) is 6.07 Å². The van der Waals surface area contributed by atoms with Crippen LogP contribution >= 0.6 is 0 Å². The fourth-order valence-electron chi connectivity index (χ4n) is 1.68. The Kier molecular flexibility index (Phi) is 6.06. The lowest BCUT2D eigenvalue weighted by molar-refractivity contribution is 0.210. The van der Waals surface area contributed by atoms with Gasteiger partial charge in [-0.25, -0.2) is 0 Å². The molecule has 0 saturated heterocycles. The summed E-state index contributed by atoms with van der Waals surface area (Å²) in [6.45, 7) is 9.56. The van der Waals surface area contributed by atoms with Crippen LogP contribution in [0.15, 0.2) is 24.3 Å². The van der Waals surface area contributed by atoms with Gasteiger partial charge in [0.25, 0.3) is 0 Å². The third-order valence-corrected chi connectivity index (χ3v) is 3.05. The van der Waals surface area contributed by atoms with Crippen molar-refractivity contribution in [3.8, 4) is 5.75 Å². The summed E-state index contributed by atoms with van der Waals surface area (Å²) in [5, 5.41) is 3.46. The lowest BCUT2D eigenvalue weighted by Gasteiger charge is -2.19. The second kappa shape index (κ2) is 7.33. The number of rotatable bonds is 7. The predicted octanol–water partition coefficient (Wildman–Crippen LogP) is 3.40.